The van der Waals surface area contributed by atoms with Crippen molar-refractivity contribution in [3.05, 3.63) is 124 Å². The van der Waals surface area contributed by atoms with Crippen molar-refractivity contribution in [1.29, 1.82) is 0 Å². The number of rotatable bonds is 13. The number of nitrogens with one attached hydrogen (secondary N) is 2. The van der Waals surface area contributed by atoms with Crippen molar-refractivity contribution in [1.82, 2.24) is 30.0 Å². The maximum Gasteiger partial charge on any atom is 0.358 e. The van der Waals surface area contributed by atoms with E-state index < -0.39 is 17.5 Å². The van der Waals surface area contributed by atoms with E-state index in [4.69, 9.17) is 19.6 Å². The monoisotopic (exact) mass is 1060 g/mol. The van der Waals surface area contributed by atoms with Gasteiger partial charge in [-0.05, 0) is 175 Å². The Morgan fingerprint density at radius 3 is 2.40 bits per heavy atom. The summed E-state index contributed by atoms with van der Waals surface area (Å²) in [5.74, 6) is 0.566. The Morgan fingerprint density at radius 2 is 1.62 bits per heavy atom. The fourth-order valence-corrected chi connectivity index (χ4v) is 12.8. The van der Waals surface area contributed by atoms with Gasteiger partial charge in [0.1, 0.15) is 17.2 Å². The maximum atomic E-state index is 14.1. The summed E-state index contributed by atoms with van der Waals surface area (Å²) >= 11 is 1.45. The van der Waals surface area contributed by atoms with Crippen LogP contribution in [0.25, 0.3) is 32.2 Å². The van der Waals surface area contributed by atoms with Crippen LogP contribution in [-0.2, 0) is 34.3 Å². The molecule has 2 N–H and O–H groups in total. The standard InChI is InChI=1S/C61H69N9O6S/c1-37-34-46-50(67(6)66-55(46)45-24-26-54(71)64-58(45)73)35-49(37)69-32-30-68(31-33-69)28-11-12-39-19-21-41(22-20-39)75-51-17-10-14-42(38(51)2)43-23-25-53(63-56(43)59(74)76-61(3,4)5)70-29-27-40-13-9-15-44(47(40)36-70)57(72)65-60-62-48-16-7-8-18-52(48)77-60/h7-10,13-18,23,25,34-35,39,41,45H,11-12,19-22,24,26-33,36H2,1-6H3,(H,62,65,72)(H,64,71,73). The molecule has 15 nitrogen and oxygen atoms in total. The van der Waals surface area contributed by atoms with E-state index in [0.29, 0.717) is 60.3 Å². The Bertz CT molecular complexity index is 3370. The van der Waals surface area contributed by atoms with Crippen molar-refractivity contribution in [2.45, 2.75) is 117 Å². The predicted molar refractivity (Wildman–Crippen MR) is 303 cm³/mol. The van der Waals surface area contributed by atoms with Crippen LogP contribution in [0.15, 0.2) is 84.9 Å². The Hall–Kier alpha value is -7.17. The van der Waals surface area contributed by atoms with E-state index in [0.717, 1.165) is 113 Å². The highest BCUT2D eigenvalue weighted by Gasteiger charge is 2.33. The van der Waals surface area contributed by atoms with Gasteiger partial charge in [0, 0.05) is 74.9 Å². The lowest BCUT2D eigenvalue weighted by Crippen LogP contribution is -2.46. The molecule has 3 fully saturated rings. The lowest BCUT2D eigenvalue weighted by atomic mass is 9.84. The number of aromatic nitrogens is 4. The van der Waals surface area contributed by atoms with Crippen LogP contribution in [0.4, 0.5) is 16.6 Å². The summed E-state index contributed by atoms with van der Waals surface area (Å²) in [5.41, 5.74) is 9.67. The fraction of sp³-hybridized carbons (Fsp3) is 0.426. The first-order valence-electron chi connectivity index (χ1n) is 27.4. The molecule has 3 aliphatic heterocycles. The first-order valence-corrected chi connectivity index (χ1v) is 28.3. The molecule has 4 aliphatic rings. The zero-order chi connectivity index (χ0) is 53.5. The van der Waals surface area contributed by atoms with E-state index in [1.165, 1.54) is 35.4 Å². The summed E-state index contributed by atoms with van der Waals surface area (Å²) in [4.78, 5) is 69.4. The third-order valence-electron chi connectivity index (χ3n) is 16.1. The highest BCUT2D eigenvalue weighted by atomic mass is 32.1. The zero-order valence-corrected chi connectivity index (χ0v) is 45.9. The molecule has 4 aromatic carbocycles. The number of hydrogen-bond donors (Lipinski definition) is 2. The summed E-state index contributed by atoms with van der Waals surface area (Å²) in [6.07, 6.45) is 8.35. The average molecular weight is 1060 g/mol. The van der Waals surface area contributed by atoms with Crippen LogP contribution >= 0.6 is 11.3 Å². The number of benzene rings is 4. The SMILES string of the molecule is Cc1cc2c(C3CCC(=O)NC3=O)nn(C)c2cc1N1CCN(CCCC2CCC(Oc3cccc(-c4ccc(N5CCc6cccc(C(=O)Nc7nc8ccccc8s7)c6C5)nc4C(=O)OC(C)(C)C)c3C)CC2)CC1. The average Bonchev–Trinajstić information content (AvgIpc) is 4.07. The van der Waals surface area contributed by atoms with Crippen molar-refractivity contribution in [3.63, 3.8) is 0 Å². The molecule has 7 aromatic rings. The number of carbonyl (C=O) groups excluding carboxylic acids is 4. The van der Waals surface area contributed by atoms with Crippen molar-refractivity contribution in [2.75, 3.05) is 54.4 Å². The minimum Gasteiger partial charge on any atom is -0.490 e. The normalized spacial score (nSPS) is 19.3. The van der Waals surface area contributed by atoms with E-state index in [1.807, 2.05) is 99.2 Å². The third kappa shape index (κ3) is 11.2. The minimum atomic E-state index is -0.732. The lowest BCUT2D eigenvalue weighted by molar-refractivity contribution is -0.134. The highest BCUT2D eigenvalue weighted by Crippen LogP contribution is 2.39. The Morgan fingerprint density at radius 1 is 0.831 bits per heavy atom. The first-order chi connectivity index (χ1) is 37.1. The first kappa shape index (κ1) is 51.9. The van der Waals surface area contributed by atoms with Gasteiger partial charge in [0.05, 0.1) is 33.4 Å². The Kier molecular flexibility index (Phi) is 14.6. The topological polar surface area (TPSA) is 164 Å². The van der Waals surface area contributed by atoms with Crippen LogP contribution in [-0.4, -0.2) is 99.3 Å². The largest absolute Gasteiger partial charge is 0.490 e. The van der Waals surface area contributed by atoms with Gasteiger partial charge in [0.25, 0.3) is 5.91 Å². The molecule has 16 heteroatoms. The number of para-hydroxylation sites is 1. The molecule has 0 radical (unpaired) electrons. The molecule has 1 unspecified atom stereocenters. The molecule has 0 bridgehead atoms. The number of nitrogens with zero attached hydrogens (tertiary/aromatic N) is 7. The van der Waals surface area contributed by atoms with E-state index >= 15 is 0 Å². The van der Waals surface area contributed by atoms with E-state index in [-0.39, 0.29) is 29.5 Å². The van der Waals surface area contributed by atoms with E-state index in [9.17, 15) is 19.2 Å². The van der Waals surface area contributed by atoms with E-state index in [2.05, 4.69) is 62.4 Å². The van der Waals surface area contributed by atoms with Crippen molar-refractivity contribution in [2.24, 2.45) is 13.0 Å². The fourth-order valence-electron chi connectivity index (χ4n) is 12.0. The summed E-state index contributed by atoms with van der Waals surface area (Å²) in [6.45, 7) is 16.0. The second-order valence-corrected chi connectivity index (χ2v) is 23.5. The Balaban J connectivity index is 0.695. The number of pyridine rings is 1. The van der Waals surface area contributed by atoms with Gasteiger partial charge in [0.15, 0.2) is 10.8 Å². The molecule has 11 rings (SSSR count). The van der Waals surface area contributed by atoms with Crippen LogP contribution in [0.2, 0.25) is 0 Å². The number of imide groups is 1. The van der Waals surface area contributed by atoms with Gasteiger partial charge in [-0.25, -0.2) is 14.8 Å². The second-order valence-electron chi connectivity index (χ2n) is 22.5. The molecule has 1 aliphatic carbocycles. The Labute approximate surface area is 454 Å². The molecule has 3 aromatic heterocycles. The summed E-state index contributed by atoms with van der Waals surface area (Å²) in [5, 5.41) is 11.9. The second kappa shape index (κ2) is 21.7. The maximum absolute atomic E-state index is 14.1. The molecular formula is C61H69N9O6S. The molecule has 77 heavy (non-hydrogen) atoms. The molecular weight excluding hydrogens is 987 g/mol. The molecule has 1 atom stereocenters. The van der Waals surface area contributed by atoms with Gasteiger partial charge in [-0.3, -0.25) is 34.6 Å². The molecule has 6 heterocycles. The molecule has 1 saturated carbocycles. The van der Waals surface area contributed by atoms with Crippen molar-refractivity contribution in [3.8, 4) is 16.9 Å². The molecule has 0 spiro atoms. The van der Waals surface area contributed by atoms with Crippen LogP contribution in [0, 0.1) is 19.8 Å². The number of carbonyl (C=O) groups is 4. The van der Waals surface area contributed by atoms with Gasteiger partial charge in [-0.15, -0.1) is 0 Å². The smallest absolute Gasteiger partial charge is 0.358 e. The minimum absolute atomic E-state index is 0.118. The summed E-state index contributed by atoms with van der Waals surface area (Å²) < 4.78 is 15.7. The molecule has 400 valence electrons. The number of amides is 3. The van der Waals surface area contributed by atoms with Crippen molar-refractivity contribution >= 4 is 72.8 Å². The number of anilines is 3. The van der Waals surface area contributed by atoms with Crippen LogP contribution in [0.5, 0.6) is 5.75 Å². The number of esters is 1. The third-order valence-corrected chi connectivity index (χ3v) is 17.0. The predicted octanol–water partition coefficient (Wildman–Crippen LogP) is 10.7. The number of ether oxygens (including phenoxy) is 2. The quantitative estimate of drug-likeness (QED) is 0.0831. The van der Waals surface area contributed by atoms with E-state index in [1.54, 1.807) is 0 Å². The number of thiazole rings is 1. The number of piperazine rings is 1. The van der Waals surface area contributed by atoms with Crippen LogP contribution in [0.3, 0.4) is 0 Å². The van der Waals surface area contributed by atoms with Crippen molar-refractivity contribution < 1.29 is 28.7 Å². The molecule has 3 amide bonds. The summed E-state index contributed by atoms with van der Waals surface area (Å²) in [7, 11) is 1.93. The molecule has 2 saturated heterocycles. The van der Waals surface area contributed by atoms with Gasteiger partial charge in [-0.1, -0.05) is 47.7 Å². The summed E-state index contributed by atoms with van der Waals surface area (Å²) in [6, 6.07) is 28.1. The van der Waals surface area contributed by atoms with Gasteiger partial charge < -0.3 is 19.3 Å². The van der Waals surface area contributed by atoms with Gasteiger partial charge >= 0.3 is 5.97 Å². The zero-order valence-electron chi connectivity index (χ0n) is 45.1. The lowest BCUT2D eigenvalue weighted by Gasteiger charge is -2.37. The number of piperidine rings is 1. The highest BCUT2D eigenvalue weighted by molar-refractivity contribution is 7.22. The number of fused-ring (bicyclic) bond motifs is 3. The van der Waals surface area contributed by atoms with Crippen LogP contribution in [0.1, 0.15) is 127 Å². The number of aryl methyl sites for hydroxylation is 2. The van der Waals surface area contributed by atoms with Gasteiger partial charge in [0.2, 0.25) is 11.8 Å². The number of hydrogen-bond acceptors (Lipinski definition) is 13. The van der Waals surface area contributed by atoms with Crippen LogP contribution < -0.4 is 25.2 Å². The van der Waals surface area contributed by atoms with Gasteiger partial charge in [-0.2, -0.15) is 5.10 Å².